The lowest BCUT2D eigenvalue weighted by Crippen LogP contribution is -2.13. The number of nitriles is 1. The summed E-state index contributed by atoms with van der Waals surface area (Å²) in [6.07, 6.45) is 0. The third-order valence-electron chi connectivity index (χ3n) is 0.944. The van der Waals surface area contributed by atoms with Gasteiger partial charge >= 0.3 is 0 Å². The number of nitrogens with zero attached hydrogens (tertiary/aromatic N) is 2. The molecule has 1 saturated heterocycles. The van der Waals surface area contributed by atoms with E-state index >= 15 is 0 Å². The van der Waals surface area contributed by atoms with E-state index in [1.807, 2.05) is 0 Å². The molecular weight excluding hydrogens is 90.1 g/mol. The van der Waals surface area contributed by atoms with Gasteiger partial charge in [0.25, 0.3) is 0 Å². The molecule has 3 heteroatoms. The Bertz CT molecular complexity index is 87.6. The molecule has 0 aromatic heterocycles. The molecule has 0 saturated carbocycles. The van der Waals surface area contributed by atoms with Crippen molar-refractivity contribution in [1.29, 1.82) is 5.26 Å². The molecule has 1 aliphatic rings. The molecule has 0 amide bonds. The van der Waals surface area contributed by atoms with Crippen LogP contribution in [-0.2, 0) is 0 Å². The summed E-state index contributed by atoms with van der Waals surface area (Å²) >= 11 is 0. The van der Waals surface area contributed by atoms with E-state index in [0.717, 1.165) is 6.54 Å². The molecule has 0 aromatic carbocycles. The fourth-order valence-electron chi connectivity index (χ4n) is 0.501. The van der Waals surface area contributed by atoms with E-state index in [-0.39, 0.29) is 5.92 Å². The molecule has 0 spiro atoms. The molecule has 7 heavy (non-hydrogen) atoms. The smallest absolute Gasteiger partial charge is 0.0758 e. The predicted molar refractivity (Wildman–Crippen MR) is 24.1 cm³/mol. The predicted octanol–water partition coefficient (Wildman–Crippen LogP) is -0.751. The van der Waals surface area contributed by atoms with Crippen LogP contribution in [0.5, 0.6) is 0 Å². The molecule has 3 nitrogen and oxygen atoms in total. The lowest BCUT2D eigenvalue weighted by atomic mass is 10.2. The molecule has 1 rings (SSSR count). The number of hydrogen-bond donors (Lipinski definition) is 1. The van der Waals surface area contributed by atoms with E-state index in [0.29, 0.717) is 6.54 Å². The van der Waals surface area contributed by atoms with Gasteiger partial charge in [-0.2, -0.15) is 10.7 Å². The first-order valence-corrected chi connectivity index (χ1v) is 2.22. The molecule has 1 unspecified atom stereocenters. The van der Waals surface area contributed by atoms with E-state index in [9.17, 15) is 0 Å². The quantitative estimate of drug-likeness (QED) is 0.431. The van der Waals surface area contributed by atoms with E-state index in [1.54, 1.807) is 0 Å². The highest BCUT2D eigenvalue weighted by Gasteiger charge is 2.12. The lowest BCUT2D eigenvalue weighted by Gasteiger charge is -1.84. The van der Waals surface area contributed by atoms with Crippen molar-refractivity contribution >= 4 is 0 Å². The number of hydrogen-bond acceptors (Lipinski definition) is 2. The SMILES string of the molecule is N#CC1C[N]NC1. The van der Waals surface area contributed by atoms with Crippen molar-refractivity contribution < 1.29 is 0 Å². The Labute approximate surface area is 42.3 Å². The molecule has 0 aromatic rings. The molecule has 1 fully saturated rings. The summed E-state index contributed by atoms with van der Waals surface area (Å²) in [5.41, 5.74) is 6.49. The summed E-state index contributed by atoms with van der Waals surface area (Å²) in [6, 6.07) is 2.11. The Morgan fingerprint density at radius 3 is 3.00 bits per heavy atom. The molecule has 1 heterocycles. The van der Waals surface area contributed by atoms with Crippen molar-refractivity contribution in [3.8, 4) is 6.07 Å². The van der Waals surface area contributed by atoms with E-state index in [1.165, 1.54) is 0 Å². The van der Waals surface area contributed by atoms with Gasteiger partial charge in [0.2, 0.25) is 0 Å². The van der Waals surface area contributed by atoms with Crippen molar-refractivity contribution in [2.24, 2.45) is 5.92 Å². The minimum atomic E-state index is 0.125. The first kappa shape index (κ1) is 4.57. The van der Waals surface area contributed by atoms with Crippen molar-refractivity contribution in [2.45, 2.75) is 0 Å². The van der Waals surface area contributed by atoms with E-state index in [2.05, 4.69) is 16.9 Å². The average Bonchev–Trinajstić information content (AvgIpc) is 2.14. The summed E-state index contributed by atoms with van der Waals surface area (Å²) in [5.74, 6) is 0.125. The van der Waals surface area contributed by atoms with Crippen LogP contribution in [0.3, 0.4) is 0 Å². The highest BCUT2D eigenvalue weighted by atomic mass is 15.4. The molecule has 1 aliphatic heterocycles. The maximum absolute atomic E-state index is 8.22. The molecule has 0 aliphatic carbocycles. The maximum Gasteiger partial charge on any atom is 0.0758 e. The van der Waals surface area contributed by atoms with E-state index < -0.39 is 0 Å². The van der Waals surface area contributed by atoms with E-state index in [4.69, 9.17) is 5.26 Å². The van der Waals surface area contributed by atoms with Crippen LogP contribution in [0.25, 0.3) is 0 Å². The largest absolute Gasteiger partial charge is 0.239 e. The summed E-state index contributed by atoms with van der Waals surface area (Å²) in [6.45, 7) is 1.40. The fraction of sp³-hybridized carbons (Fsp3) is 0.750. The second-order valence-electron chi connectivity index (χ2n) is 1.53. The third-order valence-corrected chi connectivity index (χ3v) is 0.944. The zero-order valence-corrected chi connectivity index (χ0v) is 3.89. The van der Waals surface area contributed by atoms with Crippen LogP contribution in [0.4, 0.5) is 0 Å². The van der Waals surface area contributed by atoms with Crippen molar-refractivity contribution in [3.63, 3.8) is 0 Å². The average molecular weight is 96.1 g/mol. The van der Waals surface area contributed by atoms with Gasteiger partial charge in [0.1, 0.15) is 0 Å². The van der Waals surface area contributed by atoms with Gasteiger partial charge in [0, 0.05) is 13.1 Å². The van der Waals surface area contributed by atoms with Crippen LogP contribution >= 0.6 is 0 Å². The van der Waals surface area contributed by atoms with Crippen molar-refractivity contribution in [3.05, 3.63) is 0 Å². The van der Waals surface area contributed by atoms with Gasteiger partial charge < -0.3 is 0 Å². The maximum atomic E-state index is 8.22. The molecule has 37 valence electrons. The topological polar surface area (TPSA) is 49.9 Å². The second-order valence-corrected chi connectivity index (χ2v) is 1.53. The Hall–Kier alpha value is -0.590. The standard InChI is InChI=1S/C4H6N3/c5-1-4-2-6-7-3-4/h4,6H,2-3H2. The van der Waals surface area contributed by atoms with Gasteiger partial charge in [-0.25, -0.2) is 5.43 Å². The normalized spacial score (nSPS) is 22.1. The number of rotatable bonds is 0. The Morgan fingerprint density at radius 2 is 2.71 bits per heavy atom. The zero-order valence-electron chi connectivity index (χ0n) is 3.89. The highest BCUT2D eigenvalue weighted by Crippen LogP contribution is 1.93. The Balaban J connectivity index is 2.31. The fourth-order valence-corrected chi connectivity index (χ4v) is 0.501. The monoisotopic (exact) mass is 96.1 g/mol. The second kappa shape index (κ2) is 1.92. The van der Waals surface area contributed by atoms with Gasteiger partial charge in [-0.3, -0.25) is 0 Å². The summed E-state index contributed by atoms with van der Waals surface area (Å²) < 4.78 is 0. The summed E-state index contributed by atoms with van der Waals surface area (Å²) in [7, 11) is 0. The van der Waals surface area contributed by atoms with Gasteiger partial charge in [-0.15, -0.1) is 0 Å². The van der Waals surface area contributed by atoms with Crippen LogP contribution in [0.1, 0.15) is 0 Å². The third kappa shape index (κ3) is 0.889. The van der Waals surface area contributed by atoms with Gasteiger partial charge in [-0.05, 0) is 0 Å². The van der Waals surface area contributed by atoms with Crippen LogP contribution < -0.4 is 10.9 Å². The van der Waals surface area contributed by atoms with Crippen molar-refractivity contribution in [1.82, 2.24) is 10.9 Å². The number of nitrogens with one attached hydrogen (secondary N) is 1. The van der Waals surface area contributed by atoms with Crippen LogP contribution in [0.15, 0.2) is 0 Å². The van der Waals surface area contributed by atoms with Crippen LogP contribution in [0.2, 0.25) is 0 Å². The van der Waals surface area contributed by atoms with Crippen molar-refractivity contribution in [2.75, 3.05) is 13.1 Å². The summed E-state index contributed by atoms with van der Waals surface area (Å²) in [5, 5.41) is 8.22. The first-order chi connectivity index (χ1) is 3.43. The zero-order chi connectivity index (χ0) is 5.11. The lowest BCUT2D eigenvalue weighted by molar-refractivity contribution is 0.673. The van der Waals surface area contributed by atoms with Gasteiger partial charge in [0.05, 0.1) is 12.0 Å². The van der Waals surface area contributed by atoms with Crippen LogP contribution in [0, 0.1) is 17.2 Å². The summed E-state index contributed by atoms with van der Waals surface area (Å²) in [4.78, 5) is 0. The molecule has 0 bridgehead atoms. The van der Waals surface area contributed by atoms with Crippen LogP contribution in [-0.4, -0.2) is 13.1 Å². The molecule has 1 N–H and O–H groups in total. The van der Waals surface area contributed by atoms with Gasteiger partial charge in [-0.1, -0.05) is 0 Å². The molecule has 1 radical (unpaired) electrons. The highest BCUT2D eigenvalue weighted by molar-refractivity contribution is 4.87. The Kier molecular flexibility index (Phi) is 1.25. The minimum Gasteiger partial charge on any atom is -0.239 e. The Morgan fingerprint density at radius 1 is 1.86 bits per heavy atom. The minimum absolute atomic E-state index is 0.125. The molecule has 1 atom stereocenters. The first-order valence-electron chi connectivity index (χ1n) is 2.22. The van der Waals surface area contributed by atoms with Gasteiger partial charge in [0.15, 0.2) is 0 Å². The molecular formula is C4H6N3.